The van der Waals surface area contributed by atoms with Gasteiger partial charge in [0.05, 0.1) is 4.24 Å². The van der Waals surface area contributed by atoms with Gasteiger partial charge in [0.15, 0.2) is 0 Å². The summed E-state index contributed by atoms with van der Waals surface area (Å²) in [4.78, 5) is 0. The van der Waals surface area contributed by atoms with Gasteiger partial charge in [-0.3, -0.25) is 8.42 Å². The first kappa shape index (κ1) is 7.96. The Morgan fingerprint density at radius 1 is 1.25 bits per heavy atom. The average Bonchev–Trinajstić information content (AvgIpc) is 1.64. The van der Waals surface area contributed by atoms with Crippen LogP contribution in [0.1, 0.15) is 0 Å². The van der Waals surface area contributed by atoms with Crippen molar-refractivity contribution in [1.29, 1.82) is 0 Å². The van der Waals surface area contributed by atoms with Gasteiger partial charge in [0.2, 0.25) is 0 Å². The van der Waals surface area contributed by atoms with Crippen LogP contribution in [0.3, 0.4) is 0 Å². The largest absolute Gasteiger partial charge is 0.768 e. The lowest BCUT2D eigenvalue weighted by atomic mass is 11.3. The van der Waals surface area contributed by atoms with E-state index < -0.39 is 26.4 Å². The Balaban J connectivity index is 4.05. The molecule has 0 bridgehead atoms. The van der Waals surface area contributed by atoms with Gasteiger partial charge < -0.3 is 9.11 Å². The minimum absolute atomic E-state index is 0.815. The van der Waals surface area contributed by atoms with Crippen LogP contribution >= 0.6 is 0 Å². The average molecular weight is 154 g/mol. The highest BCUT2D eigenvalue weighted by Gasteiger charge is 1.88. The fraction of sp³-hybridized carbons (Fsp3) is 0. The molecule has 0 aromatic heterocycles. The van der Waals surface area contributed by atoms with Crippen molar-refractivity contribution < 1.29 is 17.5 Å². The van der Waals surface area contributed by atoms with E-state index in [4.69, 9.17) is 0 Å². The molecule has 6 heteroatoms. The summed E-state index contributed by atoms with van der Waals surface area (Å²) in [5.74, 6) is 0. The summed E-state index contributed by atoms with van der Waals surface area (Å²) in [6.45, 7) is 2.73. The first-order valence-electron chi connectivity index (χ1n) is 1.43. The molecule has 0 aliphatic rings. The minimum Gasteiger partial charge on any atom is -0.768 e. The monoisotopic (exact) mass is 154 g/mol. The number of hydrogen-bond acceptors (Lipinski definition) is 4. The highest BCUT2D eigenvalue weighted by atomic mass is 32.3. The van der Waals surface area contributed by atoms with Crippen molar-refractivity contribution >= 4 is 22.2 Å². The normalized spacial score (nSPS) is 17.2. The van der Waals surface area contributed by atoms with E-state index >= 15 is 0 Å². The molecule has 0 aliphatic heterocycles. The molecule has 0 radical (unpaired) electrons. The lowest BCUT2D eigenvalue weighted by molar-refractivity contribution is 0.535. The summed E-state index contributed by atoms with van der Waals surface area (Å²) < 4.78 is 37.8. The maximum atomic E-state index is 9.65. The molecule has 0 saturated heterocycles. The molecular formula is C2H2O4S2-2. The van der Waals surface area contributed by atoms with Crippen LogP contribution in [0.25, 0.3) is 0 Å². The number of hydrogen-bond donors (Lipinski definition) is 0. The third-order valence-electron chi connectivity index (χ3n) is 0.372. The first-order valence-corrected chi connectivity index (χ1v) is 3.58. The molecule has 2 unspecified atom stereocenters. The van der Waals surface area contributed by atoms with Crippen molar-refractivity contribution in [3.8, 4) is 0 Å². The van der Waals surface area contributed by atoms with Gasteiger partial charge in [-0.1, -0.05) is 6.58 Å². The number of rotatable bonds is 2. The van der Waals surface area contributed by atoms with Crippen molar-refractivity contribution in [2.45, 2.75) is 0 Å². The second kappa shape index (κ2) is 3.08. The topological polar surface area (TPSA) is 80.3 Å². The lowest BCUT2D eigenvalue weighted by Crippen LogP contribution is -1.97. The Bertz CT molecular complexity index is 134. The van der Waals surface area contributed by atoms with Crippen LogP contribution in [0.2, 0.25) is 0 Å². The second-order valence-corrected chi connectivity index (χ2v) is 3.02. The maximum absolute atomic E-state index is 9.65. The SMILES string of the molecule is C=C(S(=O)[O-])S(=O)[O-]. The first-order chi connectivity index (χ1) is 3.55. The van der Waals surface area contributed by atoms with Crippen molar-refractivity contribution in [3.63, 3.8) is 0 Å². The Labute approximate surface area is 51.2 Å². The van der Waals surface area contributed by atoms with Crippen LogP contribution in [0.5, 0.6) is 0 Å². The van der Waals surface area contributed by atoms with Gasteiger partial charge in [-0.05, 0) is 22.2 Å². The van der Waals surface area contributed by atoms with Gasteiger partial charge in [-0.2, -0.15) is 0 Å². The zero-order valence-electron chi connectivity index (χ0n) is 3.66. The third kappa shape index (κ3) is 2.31. The summed E-state index contributed by atoms with van der Waals surface area (Å²) in [5.41, 5.74) is 0. The van der Waals surface area contributed by atoms with Crippen LogP contribution in [0.4, 0.5) is 0 Å². The molecule has 0 aliphatic carbocycles. The van der Waals surface area contributed by atoms with Crippen molar-refractivity contribution in [2.24, 2.45) is 0 Å². The predicted molar refractivity (Wildman–Crippen MR) is 27.0 cm³/mol. The van der Waals surface area contributed by atoms with Gasteiger partial charge in [-0.15, -0.1) is 0 Å². The Hall–Kier alpha value is -0.0400. The smallest absolute Gasteiger partial charge is 0.0679 e. The fourth-order valence-corrected chi connectivity index (χ4v) is 0.500. The third-order valence-corrected chi connectivity index (χ3v) is 1.93. The summed E-state index contributed by atoms with van der Waals surface area (Å²) >= 11 is -5.40. The van der Waals surface area contributed by atoms with Gasteiger partial charge in [0.1, 0.15) is 0 Å². The second-order valence-electron chi connectivity index (χ2n) is 0.841. The summed E-state index contributed by atoms with van der Waals surface area (Å²) in [6, 6.07) is 0. The molecule has 8 heavy (non-hydrogen) atoms. The van der Waals surface area contributed by atoms with E-state index in [9.17, 15) is 17.5 Å². The van der Waals surface area contributed by atoms with Crippen LogP contribution in [-0.2, 0) is 22.2 Å². The van der Waals surface area contributed by atoms with E-state index in [-0.39, 0.29) is 0 Å². The van der Waals surface area contributed by atoms with Crippen LogP contribution in [0.15, 0.2) is 10.8 Å². The molecule has 0 aromatic rings. The van der Waals surface area contributed by atoms with E-state index in [1.54, 1.807) is 0 Å². The molecule has 2 atom stereocenters. The molecular weight excluding hydrogens is 152 g/mol. The molecule has 4 nitrogen and oxygen atoms in total. The molecule has 0 saturated carbocycles. The molecule has 0 N–H and O–H groups in total. The predicted octanol–water partition coefficient (Wildman–Crippen LogP) is -0.784. The Kier molecular flexibility index (Phi) is 3.06. The molecule has 0 heterocycles. The van der Waals surface area contributed by atoms with E-state index in [2.05, 4.69) is 6.58 Å². The van der Waals surface area contributed by atoms with Gasteiger partial charge in [0, 0.05) is 0 Å². The molecule has 48 valence electrons. The summed E-state index contributed by atoms with van der Waals surface area (Å²) in [5, 5.41) is 0. The van der Waals surface area contributed by atoms with Crippen LogP contribution < -0.4 is 0 Å². The van der Waals surface area contributed by atoms with E-state index in [1.165, 1.54) is 0 Å². The summed E-state index contributed by atoms with van der Waals surface area (Å²) in [6.07, 6.45) is 0. The van der Waals surface area contributed by atoms with E-state index in [0.717, 1.165) is 0 Å². The molecule has 0 rings (SSSR count). The zero-order chi connectivity index (χ0) is 6.73. The molecule has 0 amide bonds. The van der Waals surface area contributed by atoms with Crippen LogP contribution in [0, 0.1) is 0 Å². The van der Waals surface area contributed by atoms with Crippen LogP contribution in [-0.4, -0.2) is 17.5 Å². The van der Waals surface area contributed by atoms with Gasteiger partial charge in [0.25, 0.3) is 0 Å². The minimum atomic E-state index is -2.70. The van der Waals surface area contributed by atoms with Crippen molar-refractivity contribution in [3.05, 3.63) is 10.8 Å². The van der Waals surface area contributed by atoms with Gasteiger partial charge in [-0.25, -0.2) is 0 Å². The highest BCUT2D eigenvalue weighted by Crippen LogP contribution is 1.96. The lowest BCUT2D eigenvalue weighted by Gasteiger charge is -2.09. The summed E-state index contributed by atoms with van der Waals surface area (Å²) in [7, 11) is 0. The quantitative estimate of drug-likeness (QED) is 0.488. The van der Waals surface area contributed by atoms with E-state index in [1.807, 2.05) is 0 Å². The molecule has 0 spiro atoms. The van der Waals surface area contributed by atoms with E-state index in [0.29, 0.717) is 0 Å². The van der Waals surface area contributed by atoms with Gasteiger partial charge >= 0.3 is 0 Å². The van der Waals surface area contributed by atoms with Crippen molar-refractivity contribution in [1.82, 2.24) is 0 Å². The fourth-order valence-electron chi connectivity index (χ4n) is 0.0556. The standard InChI is InChI=1S/C2H4O4S2/c1-2(7(3)4)8(5)6/h1H2,(H,3,4)(H,5,6)/p-2. The van der Waals surface area contributed by atoms with Crippen molar-refractivity contribution in [2.75, 3.05) is 0 Å². The Morgan fingerprint density at radius 2 is 1.50 bits per heavy atom. The molecule has 0 fully saturated rings. The molecule has 0 aromatic carbocycles. The zero-order valence-corrected chi connectivity index (χ0v) is 5.29. The Morgan fingerprint density at radius 3 is 1.50 bits per heavy atom. The maximum Gasteiger partial charge on any atom is 0.0679 e. The highest BCUT2D eigenvalue weighted by molar-refractivity contribution is 8.03.